The quantitative estimate of drug-likeness (QED) is 0.565. The van der Waals surface area contributed by atoms with Crippen molar-refractivity contribution in [3.05, 3.63) is 77.2 Å². The third-order valence-electron chi connectivity index (χ3n) is 5.43. The Morgan fingerprint density at radius 2 is 1.94 bits per heavy atom. The molecule has 1 saturated heterocycles. The molecule has 2 aromatic carbocycles. The zero-order chi connectivity index (χ0) is 24.3. The number of carbonyl (C=O) groups excluding carboxylic acids is 1. The second-order valence-corrected chi connectivity index (χ2v) is 9.66. The van der Waals surface area contributed by atoms with Crippen molar-refractivity contribution in [2.75, 3.05) is 18.4 Å². The summed E-state index contributed by atoms with van der Waals surface area (Å²) < 4.78 is 46.9. The fourth-order valence-corrected chi connectivity index (χ4v) is 5.22. The first kappa shape index (κ1) is 23.4. The monoisotopic (exact) mass is 480 g/mol. The highest BCUT2D eigenvalue weighted by molar-refractivity contribution is 7.89. The van der Waals surface area contributed by atoms with Gasteiger partial charge in [-0.3, -0.25) is 4.79 Å². The van der Waals surface area contributed by atoms with Gasteiger partial charge < -0.3 is 10.1 Å². The third-order valence-corrected chi connectivity index (χ3v) is 7.34. The van der Waals surface area contributed by atoms with Crippen molar-refractivity contribution in [2.45, 2.75) is 24.7 Å². The molecule has 10 heteroatoms. The molecule has 8 nitrogen and oxygen atoms in total. The summed E-state index contributed by atoms with van der Waals surface area (Å²) in [4.78, 5) is 16.4. The average molecular weight is 481 g/mol. The average Bonchev–Trinajstić information content (AvgIpc) is 3.37. The van der Waals surface area contributed by atoms with E-state index >= 15 is 0 Å². The van der Waals surface area contributed by atoms with E-state index in [-0.39, 0.29) is 17.0 Å². The molecular weight excluding hydrogens is 459 g/mol. The number of nitriles is 1. The number of benzene rings is 2. The molecule has 0 bridgehead atoms. The summed E-state index contributed by atoms with van der Waals surface area (Å²) in [7, 11) is -4.01. The van der Waals surface area contributed by atoms with Crippen LogP contribution in [-0.2, 0) is 10.0 Å². The molecule has 174 valence electrons. The van der Waals surface area contributed by atoms with Crippen LogP contribution in [0.15, 0.2) is 59.6 Å². The van der Waals surface area contributed by atoms with Gasteiger partial charge in [-0.05, 0) is 73.9 Å². The maximum absolute atomic E-state index is 14.4. The van der Waals surface area contributed by atoms with E-state index in [1.807, 2.05) is 6.07 Å². The summed E-state index contributed by atoms with van der Waals surface area (Å²) in [6.07, 6.45) is 2.95. The van der Waals surface area contributed by atoms with Gasteiger partial charge >= 0.3 is 0 Å². The first-order valence-electron chi connectivity index (χ1n) is 10.5. The smallest absolute Gasteiger partial charge is 0.255 e. The predicted octanol–water partition coefficient (Wildman–Crippen LogP) is 4.23. The summed E-state index contributed by atoms with van der Waals surface area (Å²) in [5.74, 6) is -0.885. The van der Waals surface area contributed by atoms with Gasteiger partial charge in [0.1, 0.15) is 28.1 Å². The van der Waals surface area contributed by atoms with Gasteiger partial charge in [-0.2, -0.15) is 9.57 Å². The van der Waals surface area contributed by atoms with Gasteiger partial charge in [0.05, 0.1) is 0 Å². The number of aromatic nitrogens is 1. The molecule has 3 aromatic rings. The fraction of sp³-hybridized carbons (Fsp3) is 0.208. The largest absolute Gasteiger partial charge is 0.438 e. The lowest BCUT2D eigenvalue weighted by atomic mass is 10.1. The minimum absolute atomic E-state index is 0.0195. The summed E-state index contributed by atoms with van der Waals surface area (Å²) in [6, 6.07) is 13.4. The number of hydrogen-bond donors (Lipinski definition) is 1. The SMILES string of the molecule is Cc1cc(Oc2ncccc2C#N)ccc1NC(=O)c1ccc(F)c(S(=O)(=O)N2CCCC2)c1. The number of sulfonamides is 1. The van der Waals surface area contributed by atoms with Crippen molar-refractivity contribution >= 4 is 21.6 Å². The van der Waals surface area contributed by atoms with Gasteiger partial charge in [0.25, 0.3) is 5.91 Å². The van der Waals surface area contributed by atoms with E-state index in [0.29, 0.717) is 30.1 Å². The number of amides is 1. The van der Waals surface area contributed by atoms with Gasteiger partial charge in [0.15, 0.2) is 0 Å². The van der Waals surface area contributed by atoms with E-state index in [4.69, 9.17) is 10.00 Å². The molecular formula is C24H21FN4O4S. The Labute approximate surface area is 196 Å². The van der Waals surface area contributed by atoms with Crippen LogP contribution in [-0.4, -0.2) is 36.7 Å². The number of pyridine rings is 1. The van der Waals surface area contributed by atoms with Crippen LogP contribution in [0.25, 0.3) is 0 Å². The van der Waals surface area contributed by atoms with Crippen molar-refractivity contribution in [3.8, 4) is 17.7 Å². The molecule has 0 radical (unpaired) electrons. The molecule has 1 N–H and O–H groups in total. The predicted molar refractivity (Wildman–Crippen MR) is 123 cm³/mol. The molecule has 0 atom stereocenters. The standard InChI is InChI=1S/C24H21FN4O4S/c1-16-13-19(33-24-18(15-26)5-4-10-27-24)7-9-21(16)28-23(30)17-6-8-20(25)22(14-17)34(31,32)29-11-2-3-12-29/h4-10,13-14H,2-3,11-12H2,1H3,(H,28,30). The van der Waals surface area contributed by atoms with Crippen LogP contribution in [0, 0.1) is 24.1 Å². The summed E-state index contributed by atoms with van der Waals surface area (Å²) in [5, 5.41) is 11.9. The van der Waals surface area contributed by atoms with Crippen LogP contribution in [0.5, 0.6) is 11.6 Å². The topological polar surface area (TPSA) is 112 Å². The number of aryl methyl sites for hydroxylation is 1. The molecule has 0 aliphatic carbocycles. The molecule has 1 aliphatic rings. The van der Waals surface area contributed by atoms with E-state index in [1.54, 1.807) is 37.3 Å². The lowest BCUT2D eigenvalue weighted by Crippen LogP contribution is -2.29. The van der Waals surface area contributed by atoms with Crippen molar-refractivity contribution < 1.29 is 22.3 Å². The normalized spacial score (nSPS) is 13.9. The minimum Gasteiger partial charge on any atom is -0.438 e. The Morgan fingerprint density at radius 1 is 1.18 bits per heavy atom. The van der Waals surface area contributed by atoms with Crippen molar-refractivity contribution in [1.29, 1.82) is 5.26 Å². The molecule has 1 aromatic heterocycles. The summed E-state index contributed by atoms with van der Waals surface area (Å²) in [6.45, 7) is 2.42. The number of rotatable bonds is 6. The van der Waals surface area contributed by atoms with E-state index in [1.165, 1.54) is 16.6 Å². The number of ether oxygens (including phenoxy) is 1. The molecule has 1 aliphatic heterocycles. The first-order chi connectivity index (χ1) is 16.3. The molecule has 34 heavy (non-hydrogen) atoms. The minimum atomic E-state index is -4.01. The first-order valence-corrected chi connectivity index (χ1v) is 12.0. The molecule has 0 saturated carbocycles. The van der Waals surface area contributed by atoms with Crippen LogP contribution in [0.3, 0.4) is 0 Å². The molecule has 4 rings (SSSR count). The number of carbonyl (C=O) groups is 1. The molecule has 0 spiro atoms. The summed E-state index contributed by atoms with van der Waals surface area (Å²) >= 11 is 0. The highest BCUT2D eigenvalue weighted by Gasteiger charge is 2.30. The van der Waals surface area contributed by atoms with Crippen LogP contribution in [0.2, 0.25) is 0 Å². The lowest BCUT2D eigenvalue weighted by Gasteiger charge is -2.17. The van der Waals surface area contributed by atoms with Crippen LogP contribution < -0.4 is 10.1 Å². The molecule has 2 heterocycles. The molecule has 0 unspecified atom stereocenters. The zero-order valence-corrected chi connectivity index (χ0v) is 19.1. The van der Waals surface area contributed by atoms with Crippen molar-refractivity contribution in [1.82, 2.24) is 9.29 Å². The van der Waals surface area contributed by atoms with Gasteiger partial charge in [-0.1, -0.05) is 0 Å². The van der Waals surface area contributed by atoms with E-state index in [0.717, 1.165) is 25.0 Å². The van der Waals surface area contributed by atoms with E-state index in [9.17, 15) is 17.6 Å². The third kappa shape index (κ3) is 4.76. The van der Waals surface area contributed by atoms with Crippen molar-refractivity contribution in [3.63, 3.8) is 0 Å². The maximum atomic E-state index is 14.4. The fourth-order valence-electron chi connectivity index (χ4n) is 3.61. The summed E-state index contributed by atoms with van der Waals surface area (Å²) in [5.41, 5.74) is 1.43. The highest BCUT2D eigenvalue weighted by Crippen LogP contribution is 2.28. The Kier molecular flexibility index (Phi) is 6.58. The Morgan fingerprint density at radius 3 is 2.65 bits per heavy atom. The van der Waals surface area contributed by atoms with Crippen LogP contribution in [0.1, 0.15) is 34.3 Å². The number of nitrogens with one attached hydrogen (secondary N) is 1. The van der Waals surface area contributed by atoms with E-state index < -0.39 is 26.6 Å². The Bertz CT molecular complexity index is 1400. The number of nitrogens with zero attached hydrogens (tertiary/aromatic N) is 3. The number of halogens is 1. The second-order valence-electron chi connectivity index (χ2n) is 7.76. The zero-order valence-electron chi connectivity index (χ0n) is 18.3. The Hall–Kier alpha value is -3.81. The van der Waals surface area contributed by atoms with Gasteiger partial charge in [-0.25, -0.2) is 17.8 Å². The van der Waals surface area contributed by atoms with Crippen LogP contribution in [0.4, 0.5) is 10.1 Å². The number of anilines is 1. The van der Waals surface area contributed by atoms with Crippen molar-refractivity contribution in [2.24, 2.45) is 0 Å². The van der Waals surface area contributed by atoms with Gasteiger partial charge in [0.2, 0.25) is 15.9 Å². The van der Waals surface area contributed by atoms with Gasteiger partial charge in [-0.15, -0.1) is 0 Å². The van der Waals surface area contributed by atoms with Crippen LogP contribution >= 0.6 is 0 Å². The number of hydrogen-bond acceptors (Lipinski definition) is 6. The highest BCUT2D eigenvalue weighted by atomic mass is 32.2. The lowest BCUT2D eigenvalue weighted by molar-refractivity contribution is 0.102. The van der Waals surface area contributed by atoms with Gasteiger partial charge in [0, 0.05) is 30.5 Å². The molecule has 1 fully saturated rings. The molecule has 1 amide bonds. The maximum Gasteiger partial charge on any atom is 0.255 e. The Balaban J connectivity index is 1.53. The second kappa shape index (κ2) is 9.59. The van der Waals surface area contributed by atoms with E-state index in [2.05, 4.69) is 10.3 Å².